The summed E-state index contributed by atoms with van der Waals surface area (Å²) in [5, 5.41) is 8.60. The average molecular weight is 386 g/mol. The molecule has 2 aromatic rings. The molecule has 1 aliphatic rings. The molecule has 0 bridgehead atoms. The second-order valence-corrected chi connectivity index (χ2v) is 6.93. The van der Waals surface area contributed by atoms with Crippen molar-refractivity contribution in [2.75, 3.05) is 0 Å². The fourth-order valence-corrected chi connectivity index (χ4v) is 3.50. The third-order valence-corrected chi connectivity index (χ3v) is 5.05. The molecule has 2 N–H and O–H groups in total. The number of carbonyl (C=O) groups excluding carboxylic acids is 1. The van der Waals surface area contributed by atoms with E-state index in [9.17, 15) is 22.4 Å². The van der Waals surface area contributed by atoms with Crippen LogP contribution in [-0.4, -0.2) is 21.5 Å². The summed E-state index contributed by atoms with van der Waals surface area (Å²) in [6, 6.07) is 7.08. The highest BCUT2D eigenvalue weighted by atomic mass is 32.2. The fraction of sp³-hybridized carbons (Fsp3) is 0.235. The number of amides is 1. The molecule has 26 heavy (non-hydrogen) atoms. The summed E-state index contributed by atoms with van der Waals surface area (Å²) in [6.45, 7) is 0.330. The predicted octanol–water partition coefficient (Wildman–Crippen LogP) is 4.03. The maximum atomic E-state index is 13.9. The van der Waals surface area contributed by atoms with Gasteiger partial charge in [-0.1, -0.05) is 12.1 Å². The molecule has 0 spiro atoms. The van der Waals surface area contributed by atoms with Gasteiger partial charge in [0.25, 0.3) is 5.91 Å². The van der Waals surface area contributed by atoms with Crippen LogP contribution in [0.2, 0.25) is 0 Å². The number of halogens is 4. The molecule has 0 radical (unpaired) electrons. The molecular formula is C17H14F4N2O2S. The van der Waals surface area contributed by atoms with E-state index in [0.29, 0.717) is 12.6 Å². The van der Waals surface area contributed by atoms with E-state index >= 15 is 0 Å². The molecule has 9 heteroatoms. The highest BCUT2D eigenvalue weighted by Gasteiger charge is 2.31. The number of nitrogens with one attached hydrogen (secondary N) is 1. The molecule has 0 heterocycles. The zero-order chi connectivity index (χ0) is 18.8. The zero-order valence-corrected chi connectivity index (χ0v) is 14.1. The number of rotatable bonds is 6. The van der Waals surface area contributed by atoms with Crippen molar-refractivity contribution in [3.63, 3.8) is 0 Å². The first-order chi connectivity index (χ1) is 12.4. The normalized spacial score (nSPS) is 13.9. The van der Waals surface area contributed by atoms with E-state index in [1.807, 2.05) is 0 Å². The van der Waals surface area contributed by atoms with Crippen LogP contribution in [-0.2, 0) is 6.54 Å². The molecule has 0 saturated heterocycles. The summed E-state index contributed by atoms with van der Waals surface area (Å²) in [5.41, 5.74) is 2.57. The SMILES string of the molecule is O=C(NO)c1ccc(CN(Sc2cc(F)c(F)c(F)c2F)C2CC2)cc1. The minimum atomic E-state index is -1.83. The summed E-state index contributed by atoms with van der Waals surface area (Å²) in [5.74, 6) is -7.18. The summed E-state index contributed by atoms with van der Waals surface area (Å²) in [7, 11) is 0. The maximum Gasteiger partial charge on any atom is 0.274 e. The van der Waals surface area contributed by atoms with Gasteiger partial charge in [-0.2, -0.15) is 0 Å². The Morgan fingerprint density at radius 2 is 1.77 bits per heavy atom. The van der Waals surface area contributed by atoms with Gasteiger partial charge in [0.15, 0.2) is 23.3 Å². The minimum absolute atomic E-state index is 0.107. The molecule has 1 saturated carbocycles. The molecule has 0 aromatic heterocycles. The predicted molar refractivity (Wildman–Crippen MR) is 86.4 cm³/mol. The lowest BCUT2D eigenvalue weighted by molar-refractivity contribution is 0.0706. The van der Waals surface area contributed by atoms with Crippen molar-refractivity contribution in [1.29, 1.82) is 0 Å². The van der Waals surface area contributed by atoms with Crippen molar-refractivity contribution in [1.82, 2.24) is 9.79 Å². The van der Waals surface area contributed by atoms with Crippen LogP contribution in [0.1, 0.15) is 28.8 Å². The number of hydrogen-bond acceptors (Lipinski definition) is 4. The van der Waals surface area contributed by atoms with Crippen molar-refractivity contribution in [3.05, 3.63) is 64.7 Å². The Bertz CT molecular complexity index is 829. The van der Waals surface area contributed by atoms with E-state index < -0.39 is 29.2 Å². The molecule has 0 aliphatic heterocycles. The molecule has 2 aromatic carbocycles. The molecule has 1 aliphatic carbocycles. The molecule has 1 amide bonds. The summed E-state index contributed by atoms with van der Waals surface area (Å²) < 4.78 is 55.6. The Morgan fingerprint density at radius 1 is 1.12 bits per heavy atom. The van der Waals surface area contributed by atoms with Crippen LogP contribution in [0, 0.1) is 23.3 Å². The Morgan fingerprint density at radius 3 is 2.35 bits per heavy atom. The smallest absolute Gasteiger partial charge is 0.274 e. The van der Waals surface area contributed by atoms with E-state index in [0.717, 1.165) is 30.4 Å². The van der Waals surface area contributed by atoms with Crippen molar-refractivity contribution < 1.29 is 27.6 Å². The molecule has 4 nitrogen and oxygen atoms in total. The quantitative estimate of drug-likeness (QED) is 0.197. The standard InChI is InChI=1S/C17H14F4N2O2S/c18-12-7-13(15(20)16(21)14(12)19)26-23(11-5-6-11)8-9-1-3-10(4-2-9)17(24)22-25/h1-4,7,11,25H,5-6,8H2,(H,22,24). The molecule has 138 valence electrons. The Labute approximate surface area is 150 Å². The van der Waals surface area contributed by atoms with E-state index in [1.54, 1.807) is 16.4 Å². The molecular weight excluding hydrogens is 372 g/mol. The Hall–Kier alpha value is -2.10. The Balaban J connectivity index is 1.78. The van der Waals surface area contributed by atoms with E-state index in [2.05, 4.69) is 0 Å². The zero-order valence-electron chi connectivity index (χ0n) is 13.3. The third-order valence-electron chi connectivity index (χ3n) is 3.90. The first-order valence-electron chi connectivity index (χ1n) is 7.71. The van der Waals surface area contributed by atoms with Gasteiger partial charge < -0.3 is 0 Å². The molecule has 3 rings (SSSR count). The van der Waals surface area contributed by atoms with Gasteiger partial charge in [0.2, 0.25) is 0 Å². The van der Waals surface area contributed by atoms with Gasteiger partial charge >= 0.3 is 0 Å². The number of nitrogens with zero attached hydrogens (tertiary/aromatic N) is 1. The minimum Gasteiger partial charge on any atom is -0.288 e. The molecule has 0 atom stereocenters. The van der Waals surface area contributed by atoms with Crippen molar-refractivity contribution >= 4 is 17.9 Å². The van der Waals surface area contributed by atoms with Crippen LogP contribution >= 0.6 is 11.9 Å². The van der Waals surface area contributed by atoms with E-state index in [4.69, 9.17) is 5.21 Å². The van der Waals surface area contributed by atoms with Gasteiger partial charge in [-0.3, -0.25) is 10.0 Å². The lowest BCUT2D eigenvalue weighted by atomic mass is 10.1. The summed E-state index contributed by atoms with van der Waals surface area (Å²) >= 11 is 0.825. The van der Waals surface area contributed by atoms with Crippen LogP contribution in [0.3, 0.4) is 0 Å². The summed E-state index contributed by atoms with van der Waals surface area (Å²) in [6.07, 6.45) is 1.71. The summed E-state index contributed by atoms with van der Waals surface area (Å²) in [4.78, 5) is 11.0. The van der Waals surface area contributed by atoms with Gasteiger partial charge in [-0.25, -0.2) is 27.3 Å². The average Bonchev–Trinajstić information content (AvgIpc) is 3.48. The number of carbonyl (C=O) groups is 1. The van der Waals surface area contributed by atoms with Gasteiger partial charge in [0, 0.05) is 18.2 Å². The maximum absolute atomic E-state index is 13.9. The number of hydroxylamine groups is 1. The lowest BCUT2D eigenvalue weighted by Crippen LogP contribution is -2.20. The van der Waals surface area contributed by atoms with Crippen LogP contribution in [0.15, 0.2) is 35.2 Å². The van der Waals surface area contributed by atoms with E-state index in [-0.39, 0.29) is 16.5 Å². The van der Waals surface area contributed by atoms with E-state index in [1.165, 1.54) is 17.6 Å². The van der Waals surface area contributed by atoms with Crippen molar-refractivity contribution in [3.8, 4) is 0 Å². The third kappa shape index (κ3) is 4.00. The number of benzene rings is 2. The first-order valence-corrected chi connectivity index (χ1v) is 8.49. The van der Waals surface area contributed by atoms with Gasteiger partial charge in [0.1, 0.15) is 0 Å². The fourth-order valence-electron chi connectivity index (χ4n) is 2.35. The number of hydrogen-bond donors (Lipinski definition) is 2. The monoisotopic (exact) mass is 386 g/mol. The first kappa shape index (κ1) is 18.7. The lowest BCUT2D eigenvalue weighted by Gasteiger charge is -2.21. The Kier molecular flexibility index (Phi) is 5.49. The topological polar surface area (TPSA) is 52.6 Å². The molecule has 0 unspecified atom stereocenters. The van der Waals surface area contributed by atoms with Gasteiger partial charge in [-0.15, -0.1) is 0 Å². The largest absolute Gasteiger partial charge is 0.288 e. The van der Waals surface area contributed by atoms with Crippen LogP contribution in [0.25, 0.3) is 0 Å². The van der Waals surface area contributed by atoms with Gasteiger partial charge in [0.05, 0.1) is 4.90 Å². The van der Waals surface area contributed by atoms with Crippen LogP contribution < -0.4 is 5.48 Å². The second-order valence-electron chi connectivity index (χ2n) is 5.83. The van der Waals surface area contributed by atoms with Crippen LogP contribution in [0.5, 0.6) is 0 Å². The van der Waals surface area contributed by atoms with Crippen molar-refractivity contribution in [2.45, 2.75) is 30.3 Å². The van der Waals surface area contributed by atoms with Crippen LogP contribution in [0.4, 0.5) is 17.6 Å². The highest BCUT2D eigenvalue weighted by molar-refractivity contribution is 7.97. The molecule has 1 fully saturated rings. The second kappa shape index (κ2) is 7.65. The van der Waals surface area contributed by atoms with Gasteiger partial charge in [-0.05, 0) is 48.6 Å². The van der Waals surface area contributed by atoms with Crippen molar-refractivity contribution in [2.24, 2.45) is 0 Å². The highest BCUT2D eigenvalue weighted by Crippen LogP contribution is 2.39.